The fourth-order valence-corrected chi connectivity index (χ4v) is 3.32. The summed E-state index contributed by atoms with van der Waals surface area (Å²) in [5.74, 6) is 0.0144. The Morgan fingerprint density at radius 3 is 2.95 bits per heavy atom. The van der Waals surface area contributed by atoms with E-state index in [-0.39, 0.29) is 0 Å². The molecule has 1 aliphatic rings. The van der Waals surface area contributed by atoms with Crippen LogP contribution in [-0.2, 0) is 0 Å². The molecular formula is C16H21NO2S. The van der Waals surface area contributed by atoms with Crippen molar-refractivity contribution in [3.8, 4) is 0 Å². The van der Waals surface area contributed by atoms with E-state index >= 15 is 0 Å². The average Bonchev–Trinajstić information content (AvgIpc) is 2.92. The third kappa shape index (κ3) is 3.79. The minimum absolute atomic E-state index is 0.403. The molecule has 0 amide bonds. The van der Waals surface area contributed by atoms with Gasteiger partial charge in [-0.05, 0) is 43.6 Å². The second-order valence-corrected chi connectivity index (χ2v) is 6.15. The van der Waals surface area contributed by atoms with Crippen LogP contribution in [0.3, 0.4) is 0 Å². The van der Waals surface area contributed by atoms with Crippen molar-refractivity contribution in [1.29, 1.82) is 0 Å². The molecule has 0 aliphatic heterocycles. The van der Waals surface area contributed by atoms with E-state index in [1.165, 1.54) is 24.8 Å². The normalized spacial score (nSPS) is 14.2. The number of carboxylic acid groups (broad SMARTS) is 1. The number of carbonyl (C=O) groups is 1. The van der Waals surface area contributed by atoms with Crippen LogP contribution >= 0.6 is 11.8 Å². The minimum atomic E-state index is -0.857. The maximum absolute atomic E-state index is 11.5. The number of aromatic carboxylic acids is 1. The first kappa shape index (κ1) is 15.0. The molecule has 0 spiro atoms. The summed E-state index contributed by atoms with van der Waals surface area (Å²) in [6.07, 6.45) is 6.96. The third-order valence-corrected chi connectivity index (χ3v) is 4.38. The summed E-state index contributed by atoms with van der Waals surface area (Å²) in [6.45, 7) is 2.83. The zero-order valence-corrected chi connectivity index (χ0v) is 12.6. The van der Waals surface area contributed by atoms with Gasteiger partial charge < -0.3 is 10.4 Å². The van der Waals surface area contributed by atoms with Gasteiger partial charge in [-0.1, -0.05) is 24.6 Å². The van der Waals surface area contributed by atoms with E-state index in [1.54, 1.807) is 11.8 Å². The zero-order chi connectivity index (χ0) is 14.4. The van der Waals surface area contributed by atoms with Crippen molar-refractivity contribution < 1.29 is 9.90 Å². The van der Waals surface area contributed by atoms with Crippen molar-refractivity contribution in [2.24, 2.45) is 0 Å². The average molecular weight is 291 g/mol. The lowest BCUT2D eigenvalue weighted by atomic mass is 10.1. The number of thioether (sulfide) groups is 1. The number of hydrogen-bond donors (Lipinski definition) is 2. The van der Waals surface area contributed by atoms with E-state index in [4.69, 9.17) is 0 Å². The van der Waals surface area contributed by atoms with E-state index in [0.717, 1.165) is 29.3 Å². The van der Waals surface area contributed by atoms with E-state index in [9.17, 15) is 9.90 Å². The number of allylic oxidation sites excluding steroid dienone is 1. The Kier molecular flexibility index (Phi) is 5.53. The summed E-state index contributed by atoms with van der Waals surface area (Å²) >= 11 is 1.57. The number of benzene rings is 1. The van der Waals surface area contributed by atoms with Gasteiger partial charge in [-0.3, -0.25) is 0 Å². The first-order valence-corrected chi connectivity index (χ1v) is 8.11. The monoisotopic (exact) mass is 291 g/mol. The molecule has 0 atom stereocenters. The molecule has 2 N–H and O–H groups in total. The van der Waals surface area contributed by atoms with Gasteiger partial charge in [-0.15, -0.1) is 11.8 Å². The minimum Gasteiger partial charge on any atom is -0.478 e. The van der Waals surface area contributed by atoms with Crippen LogP contribution in [0, 0.1) is 0 Å². The van der Waals surface area contributed by atoms with Crippen molar-refractivity contribution in [1.82, 2.24) is 0 Å². The van der Waals surface area contributed by atoms with Gasteiger partial charge in [0.25, 0.3) is 0 Å². The Balaban J connectivity index is 2.05. The highest BCUT2D eigenvalue weighted by Crippen LogP contribution is 2.29. The largest absolute Gasteiger partial charge is 0.478 e. The van der Waals surface area contributed by atoms with Crippen LogP contribution in [0.4, 0.5) is 5.69 Å². The van der Waals surface area contributed by atoms with E-state index in [2.05, 4.69) is 11.4 Å². The van der Waals surface area contributed by atoms with Crippen LogP contribution in [0.15, 0.2) is 34.7 Å². The molecule has 0 fully saturated rings. The topological polar surface area (TPSA) is 49.3 Å². The fourth-order valence-electron chi connectivity index (χ4n) is 2.50. The van der Waals surface area contributed by atoms with Crippen molar-refractivity contribution in [2.75, 3.05) is 17.6 Å². The van der Waals surface area contributed by atoms with Gasteiger partial charge in [-0.25, -0.2) is 4.79 Å². The van der Waals surface area contributed by atoms with Gasteiger partial charge in [0.15, 0.2) is 0 Å². The summed E-state index contributed by atoms with van der Waals surface area (Å²) in [5, 5.41) is 12.7. The van der Waals surface area contributed by atoms with Crippen molar-refractivity contribution in [2.45, 2.75) is 37.5 Å². The number of rotatable bonds is 7. The highest BCUT2D eigenvalue weighted by molar-refractivity contribution is 7.99. The molecule has 0 saturated carbocycles. The van der Waals surface area contributed by atoms with Crippen LogP contribution < -0.4 is 5.32 Å². The Morgan fingerprint density at radius 1 is 1.45 bits per heavy atom. The number of anilines is 1. The summed E-state index contributed by atoms with van der Waals surface area (Å²) < 4.78 is 0. The maximum Gasteiger partial charge on any atom is 0.338 e. The first-order valence-electron chi connectivity index (χ1n) is 7.13. The molecule has 1 aliphatic carbocycles. The molecule has 0 unspecified atom stereocenters. The number of hydrogen-bond acceptors (Lipinski definition) is 3. The predicted octanol–water partition coefficient (Wildman–Crippen LogP) is 4.41. The Labute approximate surface area is 124 Å². The van der Waals surface area contributed by atoms with Crippen molar-refractivity contribution in [3.63, 3.8) is 0 Å². The lowest BCUT2D eigenvalue weighted by Gasteiger charge is -2.13. The van der Waals surface area contributed by atoms with Crippen LogP contribution in [-0.4, -0.2) is 23.4 Å². The van der Waals surface area contributed by atoms with Gasteiger partial charge in [-0.2, -0.15) is 0 Å². The first-order chi connectivity index (χ1) is 9.72. The highest BCUT2D eigenvalue weighted by Gasteiger charge is 2.15. The molecule has 1 aromatic carbocycles. The van der Waals surface area contributed by atoms with Gasteiger partial charge in [0, 0.05) is 17.1 Å². The SMILES string of the molecule is CCSc1cccc(NCCC2=CCCC2)c1C(=O)O. The molecular weight excluding hydrogens is 270 g/mol. The lowest BCUT2D eigenvalue weighted by Crippen LogP contribution is -2.09. The van der Waals surface area contributed by atoms with Crippen LogP contribution in [0.5, 0.6) is 0 Å². The molecule has 0 saturated heterocycles. The van der Waals surface area contributed by atoms with Gasteiger partial charge >= 0.3 is 5.97 Å². The Morgan fingerprint density at radius 2 is 2.30 bits per heavy atom. The molecule has 0 heterocycles. The molecule has 0 bridgehead atoms. The quantitative estimate of drug-likeness (QED) is 0.577. The second kappa shape index (κ2) is 7.39. The van der Waals surface area contributed by atoms with E-state index < -0.39 is 5.97 Å². The van der Waals surface area contributed by atoms with Gasteiger partial charge in [0.1, 0.15) is 0 Å². The summed E-state index contributed by atoms with van der Waals surface area (Å²) in [6, 6.07) is 5.65. The summed E-state index contributed by atoms with van der Waals surface area (Å²) in [5.41, 5.74) is 2.63. The van der Waals surface area contributed by atoms with Crippen molar-refractivity contribution in [3.05, 3.63) is 35.4 Å². The number of carboxylic acids is 1. The van der Waals surface area contributed by atoms with E-state index in [1.807, 2.05) is 25.1 Å². The van der Waals surface area contributed by atoms with Crippen LogP contribution in [0.25, 0.3) is 0 Å². The zero-order valence-electron chi connectivity index (χ0n) is 11.8. The van der Waals surface area contributed by atoms with Crippen LogP contribution in [0.1, 0.15) is 43.0 Å². The third-order valence-electron chi connectivity index (χ3n) is 3.44. The van der Waals surface area contributed by atoms with E-state index in [0.29, 0.717) is 5.56 Å². The molecule has 4 heteroatoms. The maximum atomic E-state index is 11.5. The van der Waals surface area contributed by atoms with Gasteiger partial charge in [0.05, 0.1) is 5.56 Å². The molecule has 20 heavy (non-hydrogen) atoms. The Hall–Kier alpha value is -1.42. The molecule has 0 aromatic heterocycles. The van der Waals surface area contributed by atoms with Crippen molar-refractivity contribution >= 4 is 23.4 Å². The standard InChI is InChI=1S/C16H21NO2S/c1-2-20-14-9-5-8-13(15(14)16(18)19)17-11-10-12-6-3-4-7-12/h5-6,8-9,17H,2-4,7,10-11H2,1H3,(H,18,19). The summed E-state index contributed by atoms with van der Waals surface area (Å²) in [7, 11) is 0. The van der Waals surface area contributed by atoms with Crippen LogP contribution in [0.2, 0.25) is 0 Å². The molecule has 2 rings (SSSR count). The Bertz CT molecular complexity index is 511. The second-order valence-electron chi connectivity index (χ2n) is 4.85. The predicted molar refractivity (Wildman–Crippen MR) is 84.8 cm³/mol. The lowest BCUT2D eigenvalue weighted by molar-refractivity contribution is 0.0694. The molecule has 1 aromatic rings. The fraction of sp³-hybridized carbons (Fsp3) is 0.438. The van der Waals surface area contributed by atoms with Gasteiger partial charge in [0.2, 0.25) is 0 Å². The number of nitrogens with one attached hydrogen (secondary N) is 1. The molecule has 0 radical (unpaired) electrons. The molecule has 108 valence electrons. The summed E-state index contributed by atoms with van der Waals surface area (Å²) in [4.78, 5) is 12.3. The molecule has 3 nitrogen and oxygen atoms in total. The highest BCUT2D eigenvalue weighted by atomic mass is 32.2. The smallest absolute Gasteiger partial charge is 0.338 e.